The predicted octanol–water partition coefficient (Wildman–Crippen LogP) is 1.12. The molecule has 1 fully saturated rings. The number of hydrogen-bond acceptors (Lipinski definition) is 3. The summed E-state index contributed by atoms with van der Waals surface area (Å²) in [6.07, 6.45) is 1.94. The van der Waals surface area contributed by atoms with Crippen LogP contribution in [0, 0.1) is 5.92 Å². The minimum atomic E-state index is -0.606. The molecule has 6 nitrogen and oxygen atoms in total. The van der Waals surface area contributed by atoms with E-state index in [-0.39, 0.29) is 11.8 Å². The van der Waals surface area contributed by atoms with Crippen LogP contribution < -0.4 is 21.7 Å². The molecule has 0 bridgehead atoms. The molecule has 0 radical (unpaired) electrons. The molecule has 1 aliphatic rings. The number of rotatable bonds is 3. The van der Waals surface area contributed by atoms with Crippen LogP contribution >= 0.6 is 0 Å². The van der Waals surface area contributed by atoms with Crippen LogP contribution in [0.15, 0.2) is 24.3 Å². The number of nitrogens with two attached hydrogens (primary N) is 1. The van der Waals surface area contributed by atoms with Crippen molar-refractivity contribution in [1.82, 2.24) is 5.32 Å². The van der Waals surface area contributed by atoms with Crippen LogP contribution in [0.5, 0.6) is 0 Å². The second-order valence-corrected chi connectivity index (χ2v) is 4.60. The number of benzene rings is 1. The molecule has 1 aromatic rings. The van der Waals surface area contributed by atoms with Gasteiger partial charge in [-0.3, -0.25) is 4.79 Å². The van der Waals surface area contributed by atoms with Gasteiger partial charge in [-0.05, 0) is 43.7 Å². The number of amides is 3. The summed E-state index contributed by atoms with van der Waals surface area (Å²) in [7, 11) is 0. The van der Waals surface area contributed by atoms with Crippen molar-refractivity contribution >= 4 is 23.3 Å². The van der Waals surface area contributed by atoms with E-state index in [1.807, 2.05) is 0 Å². The molecule has 1 aromatic carbocycles. The van der Waals surface area contributed by atoms with E-state index in [0.717, 1.165) is 25.9 Å². The molecule has 102 valence electrons. The average molecular weight is 262 g/mol. The van der Waals surface area contributed by atoms with Crippen LogP contribution in [0.2, 0.25) is 0 Å². The zero-order valence-corrected chi connectivity index (χ0v) is 10.6. The molecule has 5 N–H and O–H groups in total. The summed E-state index contributed by atoms with van der Waals surface area (Å²) >= 11 is 0. The van der Waals surface area contributed by atoms with Crippen molar-refractivity contribution in [1.29, 1.82) is 0 Å². The lowest BCUT2D eigenvalue weighted by Crippen LogP contribution is -2.37. The lowest BCUT2D eigenvalue weighted by Gasteiger charge is -2.21. The second kappa shape index (κ2) is 6.19. The maximum absolute atomic E-state index is 12.0. The van der Waals surface area contributed by atoms with Crippen molar-refractivity contribution < 1.29 is 9.59 Å². The van der Waals surface area contributed by atoms with Gasteiger partial charge in [0.25, 0.3) is 0 Å². The van der Waals surface area contributed by atoms with E-state index in [9.17, 15) is 9.59 Å². The summed E-state index contributed by atoms with van der Waals surface area (Å²) < 4.78 is 0. The molecule has 19 heavy (non-hydrogen) atoms. The summed E-state index contributed by atoms with van der Waals surface area (Å²) in [5.74, 6) is 0.0555. The number of primary amides is 1. The Labute approximate surface area is 111 Å². The smallest absolute Gasteiger partial charge is 0.316 e. The molecule has 1 heterocycles. The van der Waals surface area contributed by atoms with E-state index < -0.39 is 6.03 Å². The van der Waals surface area contributed by atoms with Gasteiger partial charge in [-0.1, -0.05) is 0 Å². The lowest BCUT2D eigenvalue weighted by atomic mass is 9.99. The van der Waals surface area contributed by atoms with Crippen molar-refractivity contribution in [3.05, 3.63) is 24.3 Å². The van der Waals surface area contributed by atoms with Gasteiger partial charge in [-0.15, -0.1) is 0 Å². The first-order valence-corrected chi connectivity index (χ1v) is 6.33. The Morgan fingerprint density at radius 2 is 1.79 bits per heavy atom. The largest absolute Gasteiger partial charge is 0.351 e. The fourth-order valence-corrected chi connectivity index (χ4v) is 2.10. The van der Waals surface area contributed by atoms with Gasteiger partial charge in [0.2, 0.25) is 5.91 Å². The van der Waals surface area contributed by atoms with Crippen LogP contribution in [0.3, 0.4) is 0 Å². The van der Waals surface area contributed by atoms with E-state index in [0.29, 0.717) is 11.4 Å². The molecule has 1 aliphatic heterocycles. The lowest BCUT2D eigenvalue weighted by molar-refractivity contribution is -0.120. The van der Waals surface area contributed by atoms with Gasteiger partial charge in [0.05, 0.1) is 5.92 Å². The zero-order valence-electron chi connectivity index (χ0n) is 10.6. The number of nitrogens with one attached hydrogen (secondary N) is 3. The summed E-state index contributed by atoms with van der Waals surface area (Å²) in [5.41, 5.74) is 6.33. The number of urea groups is 1. The third-order valence-electron chi connectivity index (χ3n) is 3.09. The third-order valence-corrected chi connectivity index (χ3v) is 3.09. The maximum Gasteiger partial charge on any atom is 0.316 e. The molecule has 1 saturated heterocycles. The zero-order chi connectivity index (χ0) is 13.7. The van der Waals surface area contributed by atoms with E-state index in [1.54, 1.807) is 24.3 Å². The van der Waals surface area contributed by atoms with Gasteiger partial charge in [0.15, 0.2) is 0 Å². The highest BCUT2D eigenvalue weighted by atomic mass is 16.2. The Morgan fingerprint density at radius 1 is 1.16 bits per heavy atom. The molecule has 0 unspecified atom stereocenters. The Bertz CT molecular complexity index is 452. The summed E-state index contributed by atoms with van der Waals surface area (Å²) in [6.45, 7) is 1.71. The fourth-order valence-electron chi connectivity index (χ4n) is 2.10. The fraction of sp³-hybridized carbons (Fsp3) is 0.385. The molecule has 0 saturated carbocycles. The normalized spacial score (nSPS) is 18.6. The minimum absolute atomic E-state index is 0.0252. The highest BCUT2D eigenvalue weighted by Crippen LogP contribution is 2.16. The topological polar surface area (TPSA) is 96.2 Å². The molecule has 3 amide bonds. The molecule has 1 atom stereocenters. The van der Waals surface area contributed by atoms with Gasteiger partial charge < -0.3 is 21.7 Å². The SMILES string of the molecule is NC(=O)Nc1ccc(NC(=O)[C@H]2CCCNC2)cc1. The summed E-state index contributed by atoms with van der Waals surface area (Å²) in [4.78, 5) is 22.7. The first kappa shape index (κ1) is 13.4. The Kier molecular flexibility index (Phi) is 4.35. The van der Waals surface area contributed by atoms with Crippen LogP contribution in [0.25, 0.3) is 0 Å². The quantitative estimate of drug-likeness (QED) is 0.657. The van der Waals surface area contributed by atoms with Gasteiger partial charge in [-0.2, -0.15) is 0 Å². The Hall–Kier alpha value is -2.08. The maximum atomic E-state index is 12.0. The van der Waals surface area contributed by atoms with Crippen molar-refractivity contribution in [3.63, 3.8) is 0 Å². The van der Waals surface area contributed by atoms with Gasteiger partial charge in [-0.25, -0.2) is 4.79 Å². The second-order valence-electron chi connectivity index (χ2n) is 4.60. The van der Waals surface area contributed by atoms with E-state index >= 15 is 0 Å². The highest BCUT2D eigenvalue weighted by Gasteiger charge is 2.20. The first-order chi connectivity index (χ1) is 9.15. The van der Waals surface area contributed by atoms with Crippen molar-refractivity contribution in [2.24, 2.45) is 11.7 Å². The van der Waals surface area contributed by atoms with Crippen molar-refractivity contribution in [2.75, 3.05) is 23.7 Å². The van der Waals surface area contributed by atoms with Gasteiger partial charge in [0, 0.05) is 17.9 Å². The molecule has 0 aliphatic carbocycles. The number of piperidine rings is 1. The van der Waals surface area contributed by atoms with Crippen LogP contribution in [-0.2, 0) is 4.79 Å². The van der Waals surface area contributed by atoms with E-state index in [1.165, 1.54) is 0 Å². The molecular formula is C13H18N4O2. The van der Waals surface area contributed by atoms with Crippen LogP contribution in [-0.4, -0.2) is 25.0 Å². The first-order valence-electron chi connectivity index (χ1n) is 6.33. The molecular weight excluding hydrogens is 244 g/mol. The van der Waals surface area contributed by atoms with E-state index in [4.69, 9.17) is 5.73 Å². The molecule has 6 heteroatoms. The van der Waals surface area contributed by atoms with E-state index in [2.05, 4.69) is 16.0 Å². The molecule has 0 aromatic heterocycles. The number of anilines is 2. The third kappa shape index (κ3) is 3.96. The van der Waals surface area contributed by atoms with Crippen LogP contribution in [0.1, 0.15) is 12.8 Å². The predicted molar refractivity (Wildman–Crippen MR) is 73.9 cm³/mol. The monoisotopic (exact) mass is 262 g/mol. The number of hydrogen-bond donors (Lipinski definition) is 4. The number of carbonyl (C=O) groups excluding carboxylic acids is 2. The average Bonchev–Trinajstić information content (AvgIpc) is 2.41. The van der Waals surface area contributed by atoms with Gasteiger partial charge in [0.1, 0.15) is 0 Å². The summed E-state index contributed by atoms with van der Waals surface area (Å²) in [6, 6.07) is 6.25. The summed E-state index contributed by atoms with van der Waals surface area (Å²) in [5, 5.41) is 8.54. The highest BCUT2D eigenvalue weighted by molar-refractivity contribution is 5.93. The van der Waals surface area contributed by atoms with Crippen molar-refractivity contribution in [2.45, 2.75) is 12.8 Å². The minimum Gasteiger partial charge on any atom is -0.351 e. The number of carbonyl (C=O) groups is 2. The van der Waals surface area contributed by atoms with Crippen LogP contribution in [0.4, 0.5) is 16.2 Å². The van der Waals surface area contributed by atoms with Crippen molar-refractivity contribution in [3.8, 4) is 0 Å². The Morgan fingerprint density at radius 3 is 2.32 bits per heavy atom. The molecule has 0 spiro atoms. The van der Waals surface area contributed by atoms with Gasteiger partial charge >= 0.3 is 6.03 Å². The molecule has 2 rings (SSSR count). The standard InChI is InChI=1S/C13H18N4O2/c14-13(19)17-11-5-3-10(4-6-11)16-12(18)9-2-1-7-15-8-9/h3-6,9,15H,1-2,7-8H2,(H,16,18)(H3,14,17,19)/t9-/m0/s1. The Balaban J connectivity index is 1.91.